The van der Waals surface area contributed by atoms with E-state index < -0.39 is 11.9 Å². The number of ether oxygens (including phenoxy) is 1. The second-order valence-electron chi connectivity index (χ2n) is 6.70. The highest BCUT2D eigenvalue weighted by atomic mass is 16.5. The van der Waals surface area contributed by atoms with Crippen molar-refractivity contribution in [3.8, 4) is 11.3 Å². The molecule has 0 saturated carbocycles. The normalized spacial score (nSPS) is 15.0. The van der Waals surface area contributed by atoms with E-state index in [-0.39, 0.29) is 11.6 Å². The average molecular weight is 391 g/mol. The monoisotopic (exact) mass is 391 g/mol. The Morgan fingerprint density at radius 2 is 1.62 bits per heavy atom. The molecular formula is C22H21N3O4. The molecule has 1 aliphatic rings. The molecule has 2 aromatic carbocycles. The van der Waals surface area contributed by atoms with Gasteiger partial charge in [0.1, 0.15) is 6.04 Å². The summed E-state index contributed by atoms with van der Waals surface area (Å²) in [6.45, 7) is 1.98. The maximum atomic E-state index is 13.1. The Labute approximate surface area is 168 Å². The Kier molecular flexibility index (Phi) is 5.67. The first-order valence-electron chi connectivity index (χ1n) is 9.47. The van der Waals surface area contributed by atoms with Gasteiger partial charge in [0.05, 0.1) is 13.2 Å². The summed E-state index contributed by atoms with van der Waals surface area (Å²) in [5.41, 5.74) is 1.66. The summed E-state index contributed by atoms with van der Waals surface area (Å²) in [6, 6.07) is 19.4. The van der Waals surface area contributed by atoms with Crippen molar-refractivity contribution in [3.63, 3.8) is 0 Å². The summed E-state index contributed by atoms with van der Waals surface area (Å²) in [4.78, 5) is 27.6. The van der Waals surface area contributed by atoms with Crippen molar-refractivity contribution in [3.05, 3.63) is 78.0 Å². The zero-order valence-electron chi connectivity index (χ0n) is 15.8. The number of benzene rings is 2. The summed E-state index contributed by atoms with van der Waals surface area (Å²) in [5.74, 6) is -0.141. The number of nitrogens with one attached hydrogen (secondary N) is 1. The van der Waals surface area contributed by atoms with Crippen LogP contribution in [0.25, 0.3) is 11.3 Å². The fourth-order valence-corrected chi connectivity index (χ4v) is 3.23. The summed E-state index contributed by atoms with van der Waals surface area (Å²) in [7, 11) is 0. The maximum Gasteiger partial charge on any atom is 0.274 e. The second kappa shape index (κ2) is 8.70. The highest BCUT2D eigenvalue weighted by Crippen LogP contribution is 2.21. The Morgan fingerprint density at radius 1 is 0.966 bits per heavy atom. The van der Waals surface area contributed by atoms with E-state index in [9.17, 15) is 9.59 Å². The minimum absolute atomic E-state index is 0.125. The van der Waals surface area contributed by atoms with Crippen LogP contribution < -0.4 is 5.32 Å². The molecule has 1 aliphatic heterocycles. The van der Waals surface area contributed by atoms with Gasteiger partial charge >= 0.3 is 0 Å². The molecule has 0 spiro atoms. The highest BCUT2D eigenvalue weighted by molar-refractivity contribution is 5.97. The predicted octanol–water partition coefficient (Wildman–Crippen LogP) is 2.67. The van der Waals surface area contributed by atoms with E-state index in [1.165, 1.54) is 0 Å². The molecule has 0 aliphatic carbocycles. The van der Waals surface area contributed by atoms with Crippen molar-refractivity contribution in [1.82, 2.24) is 15.4 Å². The molecule has 7 nitrogen and oxygen atoms in total. The summed E-state index contributed by atoms with van der Waals surface area (Å²) in [6.07, 6.45) is 0. The Balaban J connectivity index is 1.55. The van der Waals surface area contributed by atoms with Crippen LogP contribution in [0.15, 0.2) is 71.3 Å². The highest BCUT2D eigenvalue weighted by Gasteiger charge is 2.29. The van der Waals surface area contributed by atoms with Crippen LogP contribution in [0.3, 0.4) is 0 Å². The molecule has 2 amide bonds. The van der Waals surface area contributed by atoms with Gasteiger partial charge in [0.15, 0.2) is 11.5 Å². The number of carbonyl (C=O) groups is 2. The number of nitrogens with zero attached hydrogens (tertiary/aromatic N) is 2. The lowest BCUT2D eigenvalue weighted by atomic mass is 10.0. The number of aromatic nitrogens is 1. The van der Waals surface area contributed by atoms with Crippen molar-refractivity contribution in [2.75, 3.05) is 26.3 Å². The minimum Gasteiger partial charge on any atom is -0.378 e. The summed E-state index contributed by atoms with van der Waals surface area (Å²) in [5, 5.41) is 6.70. The Bertz CT molecular complexity index is 966. The van der Waals surface area contributed by atoms with Crippen LogP contribution >= 0.6 is 0 Å². The predicted molar refractivity (Wildman–Crippen MR) is 106 cm³/mol. The van der Waals surface area contributed by atoms with Gasteiger partial charge in [-0.15, -0.1) is 0 Å². The van der Waals surface area contributed by atoms with Crippen LogP contribution in [0, 0.1) is 0 Å². The van der Waals surface area contributed by atoms with Gasteiger partial charge in [-0.3, -0.25) is 9.59 Å². The number of rotatable bonds is 5. The van der Waals surface area contributed by atoms with Crippen molar-refractivity contribution < 1.29 is 18.8 Å². The molecule has 148 valence electrons. The largest absolute Gasteiger partial charge is 0.378 e. The van der Waals surface area contributed by atoms with E-state index in [4.69, 9.17) is 9.26 Å². The van der Waals surface area contributed by atoms with Crippen LogP contribution in [0.4, 0.5) is 0 Å². The molecule has 1 fully saturated rings. The van der Waals surface area contributed by atoms with Crippen LogP contribution in [-0.4, -0.2) is 48.2 Å². The number of morpholine rings is 1. The Morgan fingerprint density at radius 3 is 2.31 bits per heavy atom. The van der Waals surface area contributed by atoms with Gasteiger partial charge in [-0.1, -0.05) is 65.8 Å². The van der Waals surface area contributed by atoms with Gasteiger partial charge in [0, 0.05) is 24.7 Å². The molecule has 7 heteroatoms. The summed E-state index contributed by atoms with van der Waals surface area (Å²) >= 11 is 0. The number of amides is 2. The first-order valence-corrected chi connectivity index (χ1v) is 9.47. The summed E-state index contributed by atoms with van der Waals surface area (Å²) < 4.78 is 10.6. The minimum atomic E-state index is -0.807. The van der Waals surface area contributed by atoms with E-state index in [1.54, 1.807) is 11.0 Å². The maximum absolute atomic E-state index is 13.1. The molecular weight excluding hydrogens is 370 g/mol. The lowest BCUT2D eigenvalue weighted by Crippen LogP contribution is -2.47. The van der Waals surface area contributed by atoms with Crippen LogP contribution in [-0.2, 0) is 9.53 Å². The average Bonchev–Trinajstić information content (AvgIpc) is 3.29. The van der Waals surface area contributed by atoms with Crippen molar-refractivity contribution in [1.29, 1.82) is 0 Å². The van der Waals surface area contributed by atoms with Gasteiger partial charge in [-0.05, 0) is 5.56 Å². The smallest absolute Gasteiger partial charge is 0.274 e. The second-order valence-corrected chi connectivity index (χ2v) is 6.70. The van der Waals surface area contributed by atoms with E-state index >= 15 is 0 Å². The topological polar surface area (TPSA) is 84.7 Å². The van der Waals surface area contributed by atoms with E-state index in [0.29, 0.717) is 37.6 Å². The molecule has 29 heavy (non-hydrogen) atoms. The van der Waals surface area contributed by atoms with E-state index in [2.05, 4.69) is 10.5 Å². The van der Waals surface area contributed by atoms with Gasteiger partial charge in [0.25, 0.3) is 5.91 Å². The van der Waals surface area contributed by atoms with Crippen LogP contribution in [0.5, 0.6) is 0 Å². The SMILES string of the molecule is O=C(N[C@H](C(=O)N1CCOCC1)c1ccccc1)c1cc(-c2ccccc2)on1. The fraction of sp³-hybridized carbons (Fsp3) is 0.227. The molecule has 0 bridgehead atoms. The molecule has 3 aromatic rings. The van der Waals surface area contributed by atoms with Crippen molar-refractivity contribution in [2.24, 2.45) is 0 Å². The third-order valence-electron chi connectivity index (χ3n) is 4.78. The molecule has 1 N–H and O–H groups in total. The Hall–Kier alpha value is -3.45. The third kappa shape index (κ3) is 4.35. The van der Waals surface area contributed by atoms with Crippen molar-refractivity contribution >= 4 is 11.8 Å². The van der Waals surface area contributed by atoms with Crippen LogP contribution in [0.2, 0.25) is 0 Å². The van der Waals surface area contributed by atoms with Gasteiger partial charge in [-0.2, -0.15) is 0 Å². The van der Waals surface area contributed by atoms with Crippen molar-refractivity contribution in [2.45, 2.75) is 6.04 Å². The first-order chi connectivity index (χ1) is 14.2. The lowest BCUT2D eigenvalue weighted by molar-refractivity contribution is -0.137. The molecule has 4 rings (SSSR count). The van der Waals surface area contributed by atoms with Gasteiger partial charge in [-0.25, -0.2) is 0 Å². The van der Waals surface area contributed by atoms with Gasteiger partial charge < -0.3 is 19.5 Å². The van der Waals surface area contributed by atoms with Crippen LogP contribution in [0.1, 0.15) is 22.1 Å². The number of carbonyl (C=O) groups excluding carboxylic acids is 2. The standard InChI is InChI=1S/C22H21N3O4/c26-21(18-15-19(29-24-18)16-7-3-1-4-8-16)23-20(17-9-5-2-6-10-17)22(27)25-11-13-28-14-12-25/h1-10,15,20H,11-14H2,(H,23,26)/t20-/m0/s1. The molecule has 0 radical (unpaired) electrons. The zero-order valence-corrected chi connectivity index (χ0v) is 15.8. The molecule has 1 aromatic heterocycles. The third-order valence-corrected chi connectivity index (χ3v) is 4.78. The zero-order chi connectivity index (χ0) is 20.1. The number of hydrogen-bond acceptors (Lipinski definition) is 5. The number of hydrogen-bond donors (Lipinski definition) is 1. The molecule has 1 atom stereocenters. The molecule has 0 unspecified atom stereocenters. The van der Waals surface area contributed by atoms with E-state index in [1.807, 2.05) is 60.7 Å². The fourth-order valence-electron chi connectivity index (χ4n) is 3.23. The van der Waals surface area contributed by atoms with Gasteiger partial charge in [0.2, 0.25) is 5.91 Å². The lowest BCUT2D eigenvalue weighted by Gasteiger charge is -2.30. The molecule has 2 heterocycles. The van der Waals surface area contributed by atoms with E-state index in [0.717, 1.165) is 5.56 Å². The molecule has 1 saturated heterocycles. The quantitative estimate of drug-likeness (QED) is 0.723. The first kappa shape index (κ1) is 18.9.